The average molecular weight is 285 g/mol. The van der Waals surface area contributed by atoms with Gasteiger partial charge in [0.2, 0.25) is 17.2 Å². The third-order valence-corrected chi connectivity index (χ3v) is 3.50. The first kappa shape index (κ1) is 13.0. The SMILES string of the molecule is CNc1nc(Cl)nc(NC(C)c2nc(C)cs2)n1. The normalized spacial score (nSPS) is 12.2. The molecule has 8 heteroatoms. The summed E-state index contributed by atoms with van der Waals surface area (Å²) in [6, 6.07) is 0.0203. The Morgan fingerprint density at radius 3 is 2.56 bits per heavy atom. The van der Waals surface area contributed by atoms with Crippen LogP contribution in [0.1, 0.15) is 23.7 Å². The number of aryl methyl sites for hydroxylation is 1. The Morgan fingerprint density at radius 2 is 1.94 bits per heavy atom. The van der Waals surface area contributed by atoms with Crippen LogP contribution in [0.4, 0.5) is 11.9 Å². The molecule has 18 heavy (non-hydrogen) atoms. The lowest BCUT2D eigenvalue weighted by molar-refractivity contribution is 0.839. The van der Waals surface area contributed by atoms with Crippen molar-refractivity contribution in [1.29, 1.82) is 0 Å². The fraction of sp³-hybridized carbons (Fsp3) is 0.400. The van der Waals surface area contributed by atoms with Gasteiger partial charge in [-0.1, -0.05) is 0 Å². The Morgan fingerprint density at radius 1 is 1.22 bits per heavy atom. The smallest absolute Gasteiger partial charge is 0.229 e. The van der Waals surface area contributed by atoms with Gasteiger partial charge in [0.25, 0.3) is 0 Å². The number of aromatic nitrogens is 4. The number of thiazole rings is 1. The quantitative estimate of drug-likeness (QED) is 0.898. The van der Waals surface area contributed by atoms with Crippen LogP contribution in [0.3, 0.4) is 0 Å². The molecule has 2 N–H and O–H groups in total. The van der Waals surface area contributed by atoms with Crippen molar-refractivity contribution < 1.29 is 0 Å². The summed E-state index contributed by atoms with van der Waals surface area (Å²) in [4.78, 5) is 16.5. The molecule has 0 aromatic carbocycles. The zero-order valence-electron chi connectivity index (χ0n) is 10.2. The molecular weight excluding hydrogens is 272 g/mol. The monoisotopic (exact) mass is 284 g/mol. The van der Waals surface area contributed by atoms with Crippen LogP contribution in [0.15, 0.2) is 5.38 Å². The van der Waals surface area contributed by atoms with E-state index in [2.05, 4.69) is 30.6 Å². The first-order valence-corrected chi connectivity index (χ1v) is 6.62. The minimum atomic E-state index is 0.0203. The predicted molar refractivity (Wildman–Crippen MR) is 73.3 cm³/mol. The van der Waals surface area contributed by atoms with Gasteiger partial charge in [-0.25, -0.2) is 4.98 Å². The number of rotatable bonds is 4. The van der Waals surface area contributed by atoms with Crippen LogP contribution in [-0.4, -0.2) is 27.0 Å². The molecule has 0 fully saturated rings. The van der Waals surface area contributed by atoms with Gasteiger partial charge in [-0.2, -0.15) is 15.0 Å². The van der Waals surface area contributed by atoms with Gasteiger partial charge in [-0.15, -0.1) is 11.3 Å². The maximum Gasteiger partial charge on any atom is 0.229 e. The van der Waals surface area contributed by atoms with Crippen molar-refractivity contribution in [3.8, 4) is 0 Å². The Balaban J connectivity index is 2.16. The zero-order chi connectivity index (χ0) is 13.1. The fourth-order valence-corrected chi connectivity index (χ4v) is 2.32. The standard InChI is InChI=1S/C10H13ClN6S/c1-5-4-18-7(13-5)6(2)14-10-16-8(11)15-9(12-3)17-10/h4,6H,1-3H3,(H2,12,14,15,16,17). The van der Waals surface area contributed by atoms with Crippen LogP contribution in [0.2, 0.25) is 5.28 Å². The third kappa shape index (κ3) is 3.05. The molecule has 1 atom stereocenters. The molecule has 0 saturated carbocycles. The first-order valence-electron chi connectivity index (χ1n) is 5.36. The second-order valence-corrected chi connectivity index (χ2v) is 4.92. The van der Waals surface area contributed by atoms with Gasteiger partial charge in [0.15, 0.2) is 0 Å². The molecule has 6 nitrogen and oxygen atoms in total. The van der Waals surface area contributed by atoms with Gasteiger partial charge in [-0.05, 0) is 25.4 Å². The molecule has 96 valence electrons. The molecule has 2 aromatic rings. The van der Waals surface area contributed by atoms with E-state index in [0.29, 0.717) is 11.9 Å². The molecule has 0 aliphatic heterocycles. The summed E-state index contributed by atoms with van der Waals surface area (Å²) in [5, 5.41) is 9.11. The van der Waals surface area contributed by atoms with Crippen LogP contribution in [0.25, 0.3) is 0 Å². The molecule has 1 unspecified atom stereocenters. The molecule has 0 bridgehead atoms. The maximum absolute atomic E-state index is 5.81. The number of hydrogen-bond acceptors (Lipinski definition) is 7. The topological polar surface area (TPSA) is 75.6 Å². The van der Waals surface area contributed by atoms with Gasteiger partial charge in [0.05, 0.1) is 6.04 Å². The molecule has 2 rings (SSSR count). The van der Waals surface area contributed by atoms with Crippen molar-refractivity contribution in [2.24, 2.45) is 0 Å². The molecule has 0 amide bonds. The highest BCUT2D eigenvalue weighted by molar-refractivity contribution is 7.09. The van der Waals surface area contributed by atoms with E-state index < -0.39 is 0 Å². The summed E-state index contributed by atoms with van der Waals surface area (Å²) < 4.78 is 0. The van der Waals surface area contributed by atoms with Crippen molar-refractivity contribution in [3.05, 3.63) is 21.4 Å². The molecule has 0 aliphatic rings. The van der Waals surface area contributed by atoms with E-state index in [1.807, 2.05) is 19.2 Å². The highest BCUT2D eigenvalue weighted by Crippen LogP contribution is 2.21. The molecule has 2 heterocycles. The Kier molecular flexibility index (Phi) is 3.93. The van der Waals surface area contributed by atoms with E-state index >= 15 is 0 Å². The first-order chi connectivity index (χ1) is 8.58. The molecule has 0 spiro atoms. The van der Waals surface area contributed by atoms with Crippen LogP contribution < -0.4 is 10.6 Å². The highest BCUT2D eigenvalue weighted by Gasteiger charge is 2.12. The number of nitrogens with one attached hydrogen (secondary N) is 2. The van der Waals surface area contributed by atoms with E-state index in [1.54, 1.807) is 18.4 Å². The van der Waals surface area contributed by atoms with Crippen molar-refractivity contribution in [2.45, 2.75) is 19.9 Å². The fourth-order valence-electron chi connectivity index (χ4n) is 1.35. The molecule has 0 radical (unpaired) electrons. The van der Waals surface area contributed by atoms with Gasteiger partial charge >= 0.3 is 0 Å². The molecule has 0 aliphatic carbocycles. The lowest BCUT2D eigenvalue weighted by Crippen LogP contribution is -2.11. The van der Waals surface area contributed by atoms with Gasteiger partial charge in [0.1, 0.15) is 5.01 Å². The Labute approximate surface area is 114 Å². The molecule has 0 saturated heterocycles. The number of halogens is 1. The van der Waals surface area contributed by atoms with Gasteiger partial charge in [-0.3, -0.25) is 0 Å². The summed E-state index contributed by atoms with van der Waals surface area (Å²) in [6.07, 6.45) is 0. The number of hydrogen-bond donors (Lipinski definition) is 2. The van der Waals surface area contributed by atoms with Crippen molar-refractivity contribution >= 4 is 34.8 Å². The largest absolute Gasteiger partial charge is 0.357 e. The minimum Gasteiger partial charge on any atom is -0.357 e. The van der Waals surface area contributed by atoms with Crippen LogP contribution >= 0.6 is 22.9 Å². The van der Waals surface area contributed by atoms with Crippen molar-refractivity contribution in [1.82, 2.24) is 19.9 Å². The molecular formula is C10H13ClN6S. The summed E-state index contributed by atoms with van der Waals surface area (Å²) in [5.41, 5.74) is 1.01. The van der Waals surface area contributed by atoms with Crippen LogP contribution in [0.5, 0.6) is 0 Å². The maximum atomic E-state index is 5.81. The zero-order valence-corrected chi connectivity index (χ0v) is 11.8. The second-order valence-electron chi connectivity index (χ2n) is 3.69. The summed E-state index contributed by atoms with van der Waals surface area (Å²) in [5.74, 6) is 0.861. The van der Waals surface area contributed by atoms with E-state index in [0.717, 1.165) is 10.7 Å². The van der Waals surface area contributed by atoms with Gasteiger partial charge in [0, 0.05) is 18.1 Å². The Bertz CT molecular complexity index is 543. The van der Waals surface area contributed by atoms with E-state index in [9.17, 15) is 0 Å². The second kappa shape index (κ2) is 5.45. The van der Waals surface area contributed by atoms with Crippen molar-refractivity contribution in [3.63, 3.8) is 0 Å². The third-order valence-electron chi connectivity index (χ3n) is 2.18. The van der Waals surface area contributed by atoms with E-state index in [-0.39, 0.29) is 11.3 Å². The van der Waals surface area contributed by atoms with E-state index in [1.165, 1.54) is 0 Å². The number of anilines is 2. The van der Waals surface area contributed by atoms with Crippen LogP contribution in [-0.2, 0) is 0 Å². The van der Waals surface area contributed by atoms with E-state index in [4.69, 9.17) is 11.6 Å². The van der Waals surface area contributed by atoms with Crippen LogP contribution in [0, 0.1) is 6.92 Å². The lowest BCUT2D eigenvalue weighted by Gasteiger charge is -2.11. The minimum absolute atomic E-state index is 0.0203. The number of nitrogens with zero attached hydrogens (tertiary/aromatic N) is 4. The molecule has 2 aromatic heterocycles. The predicted octanol–water partition coefficient (Wildman–Crippen LogP) is 2.50. The van der Waals surface area contributed by atoms with Gasteiger partial charge < -0.3 is 10.6 Å². The Hall–Kier alpha value is -1.47. The highest BCUT2D eigenvalue weighted by atomic mass is 35.5. The summed E-state index contributed by atoms with van der Waals surface area (Å²) >= 11 is 7.40. The lowest BCUT2D eigenvalue weighted by atomic mass is 10.3. The van der Waals surface area contributed by atoms with Crippen molar-refractivity contribution in [2.75, 3.05) is 17.7 Å². The summed E-state index contributed by atoms with van der Waals surface area (Å²) in [6.45, 7) is 3.96. The summed E-state index contributed by atoms with van der Waals surface area (Å²) in [7, 11) is 1.73. The average Bonchev–Trinajstić information content (AvgIpc) is 2.75.